The molecule has 7 nitrogen and oxygen atoms in total. The number of hydrogen-bond donors (Lipinski definition) is 1. The Morgan fingerprint density at radius 3 is 2.41 bits per heavy atom. The molecule has 0 saturated carbocycles. The fraction of sp³-hybridized carbons (Fsp3) is 0.125. The fourth-order valence-electron chi connectivity index (χ4n) is 2.97. The van der Waals surface area contributed by atoms with Crippen LogP contribution in [0.1, 0.15) is 6.92 Å². The number of anilines is 1. The molecule has 0 saturated heterocycles. The minimum absolute atomic E-state index is 0.263. The molecule has 4 rings (SSSR count). The van der Waals surface area contributed by atoms with E-state index in [4.69, 9.17) is 14.0 Å². The van der Waals surface area contributed by atoms with Gasteiger partial charge in [-0.05, 0) is 67.6 Å². The van der Waals surface area contributed by atoms with E-state index < -0.39 is 6.10 Å². The van der Waals surface area contributed by atoms with Gasteiger partial charge < -0.3 is 19.3 Å². The van der Waals surface area contributed by atoms with Gasteiger partial charge in [0.25, 0.3) is 11.8 Å². The maximum atomic E-state index is 13.1. The summed E-state index contributed by atoms with van der Waals surface area (Å²) < 4.78 is 29.3. The summed E-state index contributed by atoms with van der Waals surface area (Å²) in [6.07, 6.45) is -0.814. The number of hydrogen-bond acceptors (Lipinski definition) is 6. The molecule has 162 valence electrons. The predicted molar refractivity (Wildman–Crippen MR) is 117 cm³/mol. The fourth-order valence-corrected chi connectivity index (χ4v) is 2.97. The molecule has 4 aromatic rings. The number of carbonyl (C=O) groups is 1. The van der Waals surface area contributed by atoms with E-state index in [9.17, 15) is 9.18 Å². The van der Waals surface area contributed by atoms with E-state index in [0.29, 0.717) is 22.8 Å². The molecule has 0 bridgehead atoms. The third-order valence-corrected chi connectivity index (χ3v) is 4.69. The van der Waals surface area contributed by atoms with Gasteiger partial charge in [-0.25, -0.2) is 4.39 Å². The van der Waals surface area contributed by atoms with Gasteiger partial charge in [0.15, 0.2) is 6.10 Å². The lowest BCUT2D eigenvalue weighted by atomic mass is 10.1. The third-order valence-electron chi connectivity index (χ3n) is 4.69. The molecule has 8 heteroatoms. The van der Waals surface area contributed by atoms with Crippen LogP contribution >= 0.6 is 0 Å². The molecule has 3 aromatic carbocycles. The smallest absolute Gasteiger partial charge is 0.265 e. The van der Waals surface area contributed by atoms with Gasteiger partial charge in [0, 0.05) is 5.56 Å². The van der Waals surface area contributed by atoms with Crippen molar-refractivity contribution in [3.63, 3.8) is 0 Å². The molecule has 0 radical (unpaired) electrons. The molecule has 0 aliphatic carbocycles. The second-order valence-corrected chi connectivity index (χ2v) is 6.90. The predicted octanol–water partition coefficient (Wildman–Crippen LogP) is 4.96. The molecule has 1 aromatic heterocycles. The van der Waals surface area contributed by atoms with Crippen molar-refractivity contribution in [2.45, 2.75) is 13.0 Å². The van der Waals surface area contributed by atoms with E-state index in [0.717, 1.165) is 11.3 Å². The van der Waals surface area contributed by atoms with Gasteiger partial charge in [0.1, 0.15) is 17.3 Å². The first-order chi connectivity index (χ1) is 15.5. The van der Waals surface area contributed by atoms with Crippen molar-refractivity contribution < 1.29 is 23.2 Å². The summed E-state index contributed by atoms with van der Waals surface area (Å²) >= 11 is 0. The molecule has 1 amide bonds. The third kappa shape index (κ3) is 4.75. The van der Waals surface area contributed by atoms with Gasteiger partial charge in [-0.3, -0.25) is 4.79 Å². The zero-order valence-electron chi connectivity index (χ0n) is 17.4. The normalized spacial score (nSPS) is 11.6. The van der Waals surface area contributed by atoms with Crippen LogP contribution < -0.4 is 14.8 Å². The molecule has 0 spiro atoms. The topological polar surface area (TPSA) is 86.5 Å². The molecule has 0 fully saturated rings. The standard InChI is InChI=1S/C24H20FN3O4/c1-15(31-19-13-9-17(25)10-14-19)23(29)26-21-6-4-3-5-20(21)24-27-22(28-32-24)16-7-11-18(30-2)12-8-16/h3-15H,1-2H3,(H,26,29)/t15-/m0/s1. The van der Waals surface area contributed by atoms with Crippen LogP contribution in [-0.2, 0) is 4.79 Å². The molecule has 0 unspecified atom stereocenters. The van der Waals surface area contributed by atoms with Gasteiger partial charge in [-0.1, -0.05) is 17.3 Å². The zero-order valence-corrected chi connectivity index (χ0v) is 17.4. The van der Waals surface area contributed by atoms with Crippen LogP contribution in [0.2, 0.25) is 0 Å². The average molecular weight is 433 g/mol. The zero-order chi connectivity index (χ0) is 22.5. The molecule has 0 aliphatic rings. The minimum Gasteiger partial charge on any atom is -0.497 e. The van der Waals surface area contributed by atoms with Crippen LogP contribution in [0.15, 0.2) is 77.3 Å². The molecule has 32 heavy (non-hydrogen) atoms. The molecule has 1 N–H and O–H groups in total. The van der Waals surface area contributed by atoms with Crippen molar-refractivity contribution >= 4 is 11.6 Å². The van der Waals surface area contributed by atoms with Crippen LogP contribution in [0.25, 0.3) is 22.8 Å². The summed E-state index contributed by atoms with van der Waals surface area (Å²) in [7, 11) is 1.60. The Bertz CT molecular complexity index is 1210. The van der Waals surface area contributed by atoms with Gasteiger partial charge in [0.05, 0.1) is 18.4 Å². The SMILES string of the molecule is COc1ccc(-c2noc(-c3ccccc3NC(=O)[C@H](C)Oc3ccc(F)cc3)n2)cc1. The monoisotopic (exact) mass is 433 g/mol. The summed E-state index contributed by atoms with van der Waals surface area (Å²) in [5.74, 6) is 1.04. The number of benzene rings is 3. The summed E-state index contributed by atoms with van der Waals surface area (Å²) in [5, 5.41) is 6.86. The van der Waals surface area contributed by atoms with Crippen LogP contribution in [0.3, 0.4) is 0 Å². The highest BCUT2D eigenvalue weighted by molar-refractivity contribution is 5.97. The summed E-state index contributed by atoms with van der Waals surface area (Å²) in [6.45, 7) is 1.61. The van der Waals surface area contributed by atoms with Crippen LogP contribution in [0.4, 0.5) is 10.1 Å². The van der Waals surface area contributed by atoms with Crippen LogP contribution in [0, 0.1) is 5.82 Å². The average Bonchev–Trinajstić information content (AvgIpc) is 3.31. The van der Waals surface area contributed by atoms with Crippen molar-refractivity contribution in [2.24, 2.45) is 0 Å². The first-order valence-electron chi connectivity index (χ1n) is 9.84. The number of carbonyl (C=O) groups excluding carboxylic acids is 1. The van der Waals surface area contributed by atoms with Crippen molar-refractivity contribution in [3.8, 4) is 34.3 Å². The lowest BCUT2D eigenvalue weighted by Crippen LogP contribution is -2.30. The Labute approximate surface area is 183 Å². The lowest BCUT2D eigenvalue weighted by Gasteiger charge is -2.15. The number of halogens is 1. The maximum absolute atomic E-state index is 13.1. The number of amides is 1. The molecule has 0 aliphatic heterocycles. The van der Waals surface area contributed by atoms with E-state index in [2.05, 4.69) is 15.5 Å². The summed E-state index contributed by atoms with van der Waals surface area (Å²) in [5.41, 5.74) is 1.84. The number of ether oxygens (including phenoxy) is 2. The van der Waals surface area contributed by atoms with Gasteiger partial charge in [0.2, 0.25) is 5.82 Å². The highest BCUT2D eigenvalue weighted by atomic mass is 19.1. The number of rotatable bonds is 7. The van der Waals surface area contributed by atoms with Crippen LogP contribution in [0.5, 0.6) is 11.5 Å². The van der Waals surface area contributed by atoms with Crippen molar-refractivity contribution in [1.82, 2.24) is 10.1 Å². The Hall–Kier alpha value is -4.20. The second-order valence-electron chi connectivity index (χ2n) is 6.90. The van der Waals surface area contributed by atoms with E-state index in [1.165, 1.54) is 24.3 Å². The van der Waals surface area contributed by atoms with Crippen molar-refractivity contribution in [1.29, 1.82) is 0 Å². The minimum atomic E-state index is -0.814. The largest absolute Gasteiger partial charge is 0.497 e. The summed E-state index contributed by atoms with van der Waals surface area (Å²) in [4.78, 5) is 17.1. The molecule has 1 atom stereocenters. The number of nitrogens with one attached hydrogen (secondary N) is 1. The Morgan fingerprint density at radius 1 is 1.00 bits per heavy atom. The van der Waals surface area contributed by atoms with Gasteiger partial charge in [-0.15, -0.1) is 0 Å². The Kier molecular flexibility index (Phi) is 6.12. The summed E-state index contributed by atoms with van der Waals surface area (Å²) in [6, 6.07) is 19.8. The van der Waals surface area contributed by atoms with E-state index in [1.807, 2.05) is 24.3 Å². The number of nitrogens with zero attached hydrogens (tertiary/aromatic N) is 2. The van der Waals surface area contributed by atoms with E-state index >= 15 is 0 Å². The molecular weight excluding hydrogens is 413 g/mol. The van der Waals surface area contributed by atoms with Crippen LogP contribution in [-0.4, -0.2) is 29.3 Å². The first kappa shape index (κ1) is 21.0. The van der Waals surface area contributed by atoms with Crippen molar-refractivity contribution in [3.05, 3.63) is 78.6 Å². The highest BCUT2D eigenvalue weighted by Gasteiger charge is 2.19. The highest BCUT2D eigenvalue weighted by Crippen LogP contribution is 2.29. The first-order valence-corrected chi connectivity index (χ1v) is 9.84. The number of para-hydroxylation sites is 1. The maximum Gasteiger partial charge on any atom is 0.265 e. The quantitative estimate of drug-likeness (QED) is 0.443. The molecular formula is C24H20FN3O4. The van der Waals surface area contributed by atoms with E-state index in [1.54, 1.807) is 38.3 Å². The van der Waals surface area contributed by atoms with E-state index in [-0.39, 0.29) is 17.6 Å². The lowest BCUT2D eigenvalue weighted by molar-refractivity contribution is -0.122. The van der Waals surface area contributed by atoms with Gasteiger partial charge >= 0.3 is 0 Å². The second kappa shape index (κ2) is 9.30. The Balaban J connectivity index is 1.51. The Morgan fingerprint density at radius 2 is 1.69 bits per heavy atom. The van der Waals surface area contributed by atoms with Crippen molar-refractivity contribution in [2.75, 3.05) is 12.4 Å². The number of aromatic nitrogens is 2. The molecule has 1 heterocycles. The number of methoxy groups -OCH3 is 1. The van der Waals surface area contributed by atoms with Gasteiger partial charge in [-0.2, -0.15) is 4.98 Å².